The van der Waals surface area contributed by atoms with Crippen LogP contribution in [0, 0.1) is 17.1 Å². The second-order valence-corrected chi connectivity index (χ2v) is 8.42. The number of hydrogen-bond donors (Lipinski definition) is 1. The van der Waals surface area contributed by atoms with Crippen LogP contribution in [0.4, 0.5) is 10.1 Å². The summed E-state index contributed by atoms with van der Waals surface area (Å²) in [5, 5.41) is 11.8. The molecule has 2 aromatic carbocycles. The Kier molecular flexibility index (Phi) is 6.58. The lowest BCUT2D eigenvalue weighted by molar-refractivity contribution is -0.117. The quantitative estimate of drug-likeness (QED) is 0.580. The average Bonchev–Trinajstić information content (AvgIpc) is 3.05. The molecule has 1 heterocycles. The minimum absolute atomic E-state index is 0.106. The highest BCUT2D eigenvalue weighted by atomic mass is 32.2. The zero-order valence-corrected chi connectivity index (χ0v) is 17.8. The van der Waals surface area contributed by atoms with E-state index in [0.29, 0.717) is 23.1 Å². The van der Waals surface area contributed by atoms with Crippen LogP contribution in [0.5, 0.6) is 0 Å². The Balaban J connectivity index is 2.02. The third kappa shape index (κ3) is 4.39. The van der Waals surface area contributed by atoms with Gasteiger partial charge in [0.1, 0.15) is 22.5 Å². The number of nitrogens with zero attached hydrogens (tertiary/aromatic N) is 2. The number of halogens is 1. The van der Waals surface area contributed by atoms with Crippen LogP contribution >= 0.6 is 11.8 Å². The van der Waals surface area contributed by atoms with E-state index in [1.807, 2.05) is 30.3 Å². The minimum atomic E-state index is -0.543. The number of hydrogen-bond acceptors (Lipinski definition) is 4. The number of anilines is 1. The molecule has 1 aliphatic heterocycles. The largest absolute Gasteiger partial charge is 0.354 e. The van der Waals surface area contributed by atoms with Crippen LogP contribution in [0.3, 0.4) is 0 Å². The Morgan fingerprint density at radius 3 is 2.37 bits per heavy atom. The first-order valence-electron chi connectivity index (χ1n) is 9.57. The van der Waals surface area contributed by atoms with Crippen LogP contribution in [0.15, 0.2) is 59.1 Å². The molecule has 30 heavy (non-hydrogen) atoms. The van der Waals surface area contributed by atoms with Crippen LogP contribution in [-0.2, 0) is 16.0 Å². The summed E-state index contributed by atoms with van der Waals surface area (Å²) in [4.78, 5) is 27.0. The predicted molar refractivity (Wildman–Crippen MR) is 116 cm³/mol. The summed E-state index contributed by atoms with van der Waals surface area (Å²) in [6, 6.07) is 15.4. The van der Waals surface area contributed by atoms with Crippen molar-refractivity contribution in [2.75, 3.05) is 11.9 Å². The van der Waals surface area contributed by atoms with E-state index in [1.54, 1.807) is 12.1 Å². The number of likely N-dealkylation sites (N-methyl/N-ethyl adjacent to an activating group) is 1. The van der Waals surface area contributed by atoms with Crippen molar-refractivity contribution < 1.29 is 14.0 Å². The van der Waals surface area contributed by atoms with Gasteiger partial charge in [-0.25, -0.2) is 4.39 Å². The standard InChI is InChI=1S/C23H22FN3O2S/c1-14(2)16-6-10-18(11-7-16)27-22(29)20(12-15-4-8-17(24)9-5-15)30-23(27)19(13-25)21(28)26-3/h4-11,14,20H,12H2,1-3H3,(H,26,28)/b23-19-. The number of rotatable bonds is 5. The Hall–Kier alpha value is -3.11. The molecule has 154 valence electrons. The van der Waals surface area contributed by atoms with Crippen molar-refractivity contribution in [3.05, 3.63) is 76.1 Å². The summed E-state index contributed by atoms with van der Waals surface area (Å²) in [6.45, 7) is 4.16. The minimum Gasteiger partial charge on any atom is -0.354 e. The smallest absolute Gasteiger partial charge is 0.264 e. The van der Waals surface area contributed by atoms with Gasteiger partial charge in [-0.2, -0.15) is 5.26 Å². The van der Waals surface area contributed by atoms with Gasteiger partial charge in [-0.05, 0) is 47.7 Å². The van der Waals surface area contributed by atoms with E-state index in [9.17, 15) is 19.2 Å². The van der Waals surface area contributed by atoms with E-state index in [4.69, 9.17) is 0 Å². The summed E-state index contributed by atoms with van der Waals surface area (Å²) in [5.74, 6) is -0.764. The molecule has 0 radical (unpaired) electrons. The van der Waals surface area contributed by atoms with E-state index >= 15 is 0 Å². The highest BCUT2D eigenvalue weighted by Gasteiger charge is 2.40. The van der Waals surface area contributed by atoms with E-state index in [1.165, 1.54) is 35.8 Å². The summed E-state index contributed by atoms with van der Waals surface area (Å²) in [5.41, 5.74) is 2.42. The average molecular weight is 424 g/mol. The lowest BCUT2D eigenvalue weighted by Gasteiger charge is -2.19. The molecule has 0 aromatic heterocycles. The third-order valence-electron chi connectivity index (χ3n) is 4.88. The molecule has 0 saturated carbocycles. The van der Waals surface area contributed by atoms with Gasteiger partial charge < -0.3 is 5.32 Å². The second-order valence-electron chi connectivity index (χ2n) is 7.23. The molecule has 2 aromatic rings. The van der Waals surface area contributed by atoms with Gasteiger partial charge >= 0.3 is 0 Å². The van der Waals surface area contributed by atoms with Gasteiger partial charge in [0, 0.05) is 12.7 Å². The maximum atomic E-state index is 13.3. The molecule has 1 atom stereocenters. The van der Waals surface area contributed by atoms with Crippen LogP contribution in [0.1, 0.15) is 30.9 Å². The fourth-order valence-corrected chi connectivity index (χ4v) is 4.50. The van der Waals surface area contributed by atoms with Crippen molar-refractivity contribution in [3.63, 3.8) is 0 Å². The highest BCUT2D eigenvalue weighted by molar-refractivity contribution is 8.05. The van der Waals surface area contributed by atoms with Crippen molar-refractivity contribution in [2.24, 2.45) is 0 Å². The first-order valence-corrected chi connectivity index (χ1v) is 10.4. The van der Waals surface area contributed by atoms with Crippen LogP contribution in [-0.4, -0.2) is 24.1 Å². The van der Waals surface area contributed by atoms with E-state index in [0.717, 1.165) is 11.1 Å². The zero-order chi connectivity index (χ0) is 21.8. The number of amides is 2. The number of thioether (sulfide) groups is 1. The lowest BCUT2D eigenvalue weighted by atomic mass is 10.0. The Morgan fingerprint density at radius 1 is 1.20 bits per heavy atom. The number of nitrogens with one attached hydrogen (secondary N) is 1. The SMILES string of the molecule is CNC(=O)/C(C#N)=C1\SC(Cc2ccc(F)cc2)C(=O)N1c1ccc(C(C)C)cc1. The molecule has 7 heteroatoms. The van der Waals surface area contributed by atoms with Crippen molar-refractivity contribution in [1.29, 1.82) is 5.26 Å². The summed E-state index contributed by atoms with van der Waals surface area (Å²) >= 11 is 1.19. The van der Waals surface area contributed by atoms with Crippen molar-refractivity contribution >= 4 is 29.3 Å². The van der Waals surface area contributed by atoms with Crippen molar-refractivity contribution in [1.82, 2.24) is 5.32 Å². The molecular formula is C23H22FN3O2S. The molecule has 0 aliphatic carbocycles. The van der Waals surface area contributed by atoms with Crippen molar-refractivity contribution in [2.45, 2.75) is 31.4 Å². The second kappa shape index (κ2) is 9.14. The third-order valence-corrected chi connectivity index (χ3v) is 6.15. The molecule has 3 rings (SSSR count). The monoisotopic (exact) mass is 423 g/mol. The van der Waals surface area contributed by atoms with Gasteiger partial charge in [0.15, 0.2) is 0 Å². The number of carbonyl (C=O) groups excluding carboxylic acids is 2. The summed E-state index contributed by atoms with van der Waals surface area (Å²) in [7, 11) is 1.44. The maximum Gasteiger partial charge on any atom is 0.264 e. The molecular weight excluding hydrogens is 401 g/mol. The molecule has 1 N–H and O–H groups in total. The van der Waals surface area contributed by atoms with Gasteiger partial charge in [0.25, 0.3) is 5.91 Å². The van der Waals surface area contributed by atoms with E-state index < -0.39 is 11.2 Å². The molecule has 1 aliphatic rings. The lowest BCUT2D eigenvalue weighted by Crippen LogP contribution is -2.31. The molecule has 1 saturated heterocycles. The topological polar surface area (TPSA) is 73.2 Å². The van der Waals surface area contributed by atoms with E-state index in [2.05, 4.69) is 19.2 Å². The van der Waals surface area contributed by atoms with Gasteiger partial charge in [0.05, 0.1) is 5.25 Å². The Labute approximate surface area is 179 Å². The number of nitriles is 1. The number of benzene rings is 2. The molecule has 1 fully saturated rings. The number of carbonyl (C=O) groups is 2. The molecule has 2 amide bonds. The first-order chi connectivity index (χ1) is 14.3. The Bertz CT molecular complexity index is 1020. The fraction of sp³-hybridized carbons (Fsp3) is 0.261. The normalized spacial score (nSPS) is 17.8. The molecule has 0 spiro atoms. The first kappa shape index (κ1) is 21.6. The van der Waals surface area contributed by atoms with Crippen LogP contribution < -0.4 is 10.2 Å². The predicted octanol–water partition coefficient (Wildman–Crippen LogP) is 4.12. The van der Waals surface area contributed by atoms with Gasteiger partial charge in [-0.1, -0.05) is 49.9 Å². The molecule has 1 unspecified atom stereocenters. The van der Waals surface area contributed by atoms with E-state index in [-0.39, 0.29) is 17.3 Å². The summed E-state index contributed by atoms with van der Waals surface area (Å²) < 4.78 is 13.2. The van der Waals surface area contributed by atoms with Gasteiger partial charge in [-0.3, -0.25) is 14.5 Å². The molecule has 0 bridgehead atoms. The zero-order valence-electron chi connectivity index (χ0n) is 17.0. The Morgan fingerprint density at radius 2 is 1.83 bits per heavy atom. The maximum absolute atomic E-state index is 13.3. The highest BCUT2D eigenvalue weighted by Crippen LogP contribution is 2.42. The van der Waals surface area contributed by atoms with Gasteiger partial charge in [-0.15, -0.1) is 0 Å². The van der Waals surface area contributed by atoms with Crippen molar-refractivity contribution in [3.8, 4) is 6.07 Å². The van der Waals surface area contributed by atoms with Crippen LogP contribution in [0.2, 0.25) is 0 Å². The summed E-state index contributed by atoms with van der Waals surface area (Å²) in [6.07, 6.45) is 0.361. The van der Waals surface area contributed by atoms with Gasteiger partial charge in [0.2, 0.25) is 5.91 Å². The van der Waals surface area contributed by atoms with Crippen LogP contribution in [0.25, 0.3) is 0 Å². The fourth-order valence-electron chi connectivity index (χ4n) is 3.19. The molecule has 5 nitrogen and oxygen atoms in total.